The molecule has 26 heavy (non-hydrogen) atoms. The van der Waals surface area contributed by atoms with E-state index in [1.165, 1.54) is 12.1 Å². The highest BCUT2D eigenvalue weighted by Crippen LogP contribution is 3.02. The Bertz CT molecular complexity index is 808. The quantitative estimate of drug-likeness (QED) is 0.495. The fraction of sp³-hybridized carbons (Fsp3) is 0.222. The van der Waals surface area contributed by atoms with Crippen molar-refractivity contribution in [1.29, 1.82) is 0 Å². The second kappa shape index (κ2) is 5.70. The molecular weight excluding hydrogens is 376 g/mol. The number of hydrogen-bond donors (Lipinski definition) is 1. The van der Waals surface area contributed by atoms with Gasteiger partial charge >= 0.3 is 10.2 Å². The van der Waals surface area contributed by atoms with E-state index in [4.69, 9.17) is 0 Å². The van der Waals surface area contributed by atoms with Crippen LogP contribution in [0.1, 0.15) is 19.4 Å². The molecule has 0 amide bonds. The zero-order valence-corrected chi connectivity index (χ0v) is 15.0. The predicted octanol–water partition coefficient (Wildman–Crippen LogP) is 7.68. The molecule has 0 saturated carbocycles. The maximum Gasteiger partial charge on any atom is 0.310 e. The third-order valence-corrected chi connectivity index (χ3v) is 5.13. The predicted molar refractivity (Wildman–Crippen MR) is 94.5 cm³/mol. The van der Waals surface area contributed by atoms with Crippen molar-refractivity contribution in [3.8, 4) is 0 Å². The molecule has 144 valence electrons. The summed E-state index contributed by atoms with van der Waals surface area (Å²) < 4.78 is 76.7. The normalized spacial score (nSPS) is 15.1. The lowest BCUT2D eigenvalue weighted by molar-refractivity contribution is 0.364. The van der Waals surface area contributed by atoms with Gasteiger partial charge in [0.2, 0.25) is 0 Å². The van der Waals surface area contributed by atoms with Crippen LogP contribution in [0, 0.1) is 11.2 Å². The van der Waals surface area contributed by atoms with Crippen molar-refractivity contribution in [1.82, 2.24) is 0 Å². The summed E-state index contributed by atoms with van der Waals surface area (Å²) in [6.07, 6.45) is 0.503. The molecule has 1 nitrogen and oxygen atoms in total. The molecule has 8 heteroatoms. The Kier molecular flexibility index (Phi) is 4.44. The first-order valence-electron chi connectivity index (χ1n) is 7.62. The summed E-state index contributed by atoms with van der Waals surface area (Å²) >= 11 is 0. The third-order valence-electron chi connectivity index (χ3n) is 3.97. The van der Waals surface area contributed by atoms with Crippen molar-refractivity contribution in [2.75, 3.05) is 5.32 Å². The Morgan fingerprint density at radius 2 is 1.42 bits per heavy atom. The summed E-state index contributed by atoms with van der Waals surface area (Å²) in [4.78, 5) is -1.94. The molecule has 0 atom stereocenters. The number of hydrogen-bond acceptors (Lipinski definition) is 1. The summed E-state index contributed by atoms with van der Waals surface area (Å²) in [5, 5.41) is 2.85. The van der Waals surface area contributed by atoms with Crippen molar-refractivity contribution < 1.29 is 23.8 Å². The Morgan fingerprint density at radius 3 is 1.88 bits per heavy atom. The molecule has 2 aromatic rings. The van der Waals surface area contributed by atoms with E-state index in [1.807, 2.05) is 13.8 Å². The smallest absolute Gasteiger partial charge is 0.310 e. The molecule has 2 aromatic carbocycles. The second-order valence-electron chi connectivity index (χ2n) is 6.78. The van der Waals surface area contributed by atoms with Crippen LogP contribution >= 0.6 is 10.2 Å². The fourth-order valence-corrected chi connectivity index (χ4v) is 3.01. The van der Waals surface area contributed by atoms with Gasteiger partial charge < -0.3 is 5.32 Å². The van der Waals surface area contributed by atoms with Gasteiger partial charge in [-0.1, -0.05) is 52.0 Å². The number of anilines is 1. The van der Waals surface area contributed by atoms with Gasteiger partial charge in [0.25, 0.3) is 0 Å². The van der Waals surface area contributed by atoms with Crippen LogP contribution in [0.5, 0.6) is 0 Å². The van der Waals surface area contributed by atoms with Crippen molar-refractivity contribution in [2.24, 2.45) is 5.41 Å². The highest BCUT2D eigenvalue weighted by atomic mass is 32.5. The molecule has 0 fully saturated rings. The van der Waals surface area contributed by atoms with E-state index in [2.05, 4.69) is 11.9 Å². The highest BCUT2D eigenvalue weighted by Gasteiger charge is 2.65. The highest BCUT2D eigenvalue weighted by molar-refractivity contribution is 8.45. The van der Waals surface area contributed by atoms with Crippen LogP contribution in [0.3, 0.4) is 0 Å². The molecule has 0 bridgehead atoms. The molecule has 0 spiro atoms. The van der Waals surface area contributed by atoms with Crippen LogP contribution in [-0.2, 0) is 6.42 Å². The first-order chi connectivity index (χ1) is 11.6. The number of nitrogens with one attached hydrogen (secondary N) is 1. The van der Waals surface area contributed by atoms with E-state index in [9.17, 15) is 23.8 Å². The van der Waals surface area contributed by atoms with Crippen LogP contribution in [0.2, 0.25) is 0 Å². The molecular formula is C18H19F6NS. The van der Waals surface area contributed by atoms with Crippen LogP contribution in [0.4, 0.5) is 29.5 Å². The minimum Gasteiger partial charge on any atom is -0.359 e. The van der Waals surface area contributed by atoms with Gasteiger partial charge in [0, 0.05) is 16.8 Å². The van der Waals surface area contributed by atoms with Crippen LogP contribution in [-0.4, -0.2) is 0 Å². The van der Waals surface area contributed by atoms with E-state index >= 15 is 0 Å². The minimum atomic E-state index is -9.68. The van der Waals surface area contributed by atoms with Crippen molar-refractivity contribution in [2.45, 2.75) is 25.2 Å². The molecule has 0 aliphatic carbocycles. The molecule has 0 aliphatic rings. The zero-order valence-electron chi connectivity index (χ0n) is 14.2. The standard InChI is InChI=1S/C18H19F6NS/c1-13(18(2,3)12-14-4-6-15(19)7-5-14)25-16-8-10-17(11-9-16)26(20,21,22,23)24/h4-11,25H,1,12H2,2-3H3. The van der Waals surface area contributed by atoms with E-state index < -0.39 is 20.5 Å². The summed E-state index contributed by atoms with van der Waals surface area (Å²) in [6.45, 7) is 7.60. The van der Waals surface area contributed by atoms with Gasteiger partial charge in [-0.15, -0.1) is 0 Å². The number of benzene rings is 2. The third kappa shape index (κ3) is 5.20. The van der Waals surface area contributed by atoms with Gasteiger partial charge in [0.05, 0.1) is 0 Å². The molecule has 0 saturated heterocycles. The maximum atomic E-state index is 13.0. The molecule has 0 aromatic heterocycles. The topological polar surface area (TPSA) is 12.0 Å². The van der Waals surface area contributed by atoms with Gasteiger partial charge in [-0.05, 0) is 48.4 Å². The van der Waals surface area contributed by atoms with Gasteiger partial charge in [0.15, 0.2) is 0 Å². The molecule has 0 heterocycles. The van der Waals surface area contributed by atoms with Crippen molar-refractivity contribution >= 4 is 15.9 Å². The lowest BCUT2D eigenvalue weighted by atomic mass is 9.83. The van der Waals surface area contributed by atoms with E-state index in [0.29, 0.717) is 24.3 Å². The number of halogens is 6. The van der Waals surface area contributed by atoms with E-state index in [-0.39, 0.29) is 11.5 Å². The van der Waals surface area contributed by atoms with E-state index in [1.54, 1.807) is 12.1 Å². The van der Waals surface area contributed by atoms with Crippen molar-refractivity contribution in [3.63, 3.8) is 0 Å². The average Bonchev–Trinajstić information content (AvgIpc) is 2.47. The average molecular weight is 395 g/mol. The zero-order chi connectivity index (χ0) is 19.9. The summed E-state index contributed by atoms with van der Waals surface area (Å²) in [5.41, 5.74) is 1.04. The summed E-state index contributed by atoms with van der Waals surface area (Å²) in [5.74, 6) is -0.354. The molecule has 1 N–H and O–H groups in total. The van der Waals surface area contributed by atoms with Crippen LogP contribution in [0.15, 0.2) is 65.7 Å². The Labute approximate surface area is 148 Å². The molecule has 2 rings (SSSR count). The van der Waals surface area contributed by atoms with Gasteiger partial charge in [-0.25, -0.2) is 4.39 Å². The number of rotatable bonds is 6. The summed E-state index contributed by atoms with van der Waals surface area (Å²) in [6, 6.07) is 8.51. The minimum absolute atomic E-state index is 0.216. The lowest BCUT2D eigenvalue weighted by Crippen LogP contribution is -2.22. The van der Waals surface area contributed by atoms with Gasteiger partial charge in [-0.2, -0.15) is 0 Å². The Morgan fingerprint density at radius 1 is 0.923 bits per heavy atom. The molecule has 0 unspecified atom stereocenters. The van der Waals surface area contributed by atoms with Crippen molar-refractivity contribution in [3.05, 3.63) is 72.2 Å². The largest absolute Gasteiger partial charge is 0.359 e. The van der Waals surface area contributed by atoms with Gasteiger partial charge in [0.1, 0.15) is 10.7 Å². The Balaban J connectivity index is 2.12. The molecule has 0 aliphatic heterocycles. The fourth-order valence-electron chi connectivity index (χ4n) is 2.36. The number of allylic oxidation sites excluding steroid dienone is 1. The monoisotopic (exact) mass is 395 g/mol. The first kappa shape index (κ1) is 20.2. The lowest BCUT2D eigenvalue weighted by Gasteiger charge is -2.40. The SMILES string of the molecule is C=C(Nc1ccc(S(F)(F)(F)(F)F)cc1)C(C)(C)Cc1ccc(F)cc1. The van der Waals surface area contributed by atoms with Crippen LogP contribution in [0.25, 0.3) is 0 Å². The van der Waals surface area contributed by atoms with Gasteiger partial charge in [-0.3, -0.25) is 0 Å². The van der Waals surface area contributed by atoms with Crippen LogP contribution < -0.4 is 5.32 Å². The second-order valence-corrected chi connectivity index (χ2v) is 9.19. The maximum absolute atomic E-state index is 13.0. The van der Waals surface area contributed by atoms with E-state index in [0.717, 1.165) is 17.7 Å². The Hall–Kier alpha value is -2.09. The first-order valence-corrected chi connectivity index (χ1v) is 9.57. The summed E-state index contributed by atoms with van der Waals surface area (Å²) in [7, 11) is -9.68. The molecule has 0 radical (unpaired) electrons.